The van der Waals surface area contributed by atoms with Crippen LogP contribution < -0.4 is 4.90 Å². The van der Waals surface area contributed by atoms with Gasteiger partial charge in [-0.3, -0.25) is 9.30 Å². The van der Waals surface area contributed by atoms with Crippen LogP contribution in [-0.4, -0.2) is 47.0 Å². The second-order valence-corrected chi connectivity index (χ2v) is 8.63. The van der Waals surface area contributed by atoms with E-state index in [2.05, 4.69) is 82.7 Å². The topological polar surface area (TPSA) is 47.6 Å². The Balaban J connectivity index is 1.46. The number of aromatic nitrogens is 2. The van der Waals surface area contributed by atoms with E-state index in [4.69, 9.17) is 4.98 Å². The molecule has 0 radical (unpaired) electrons. The molecule has 1 aliphatic heterocycles. The van der Waals surface area contributed by atoms with E-state index in [-0.39, 0.29) is 0 Å². The van der Waals surface area contributed by atoms with Crippen LogP contribution in [0.15, 0.2) is 60.7 Å². The second kappa shape index (κ2) is 9.09. The molecule has 2 aromatic carbocycles. The normalized spacial score (nSPS) is 15.0. The summed E-state index contributed by atoms with van der Waals surface area (Å²) < 4.78 is 2.23. The fraction of sp³-hybridized carbons (Fsp3) is 0.286. The van der Waals surface area contributed by atoms with Crippen molar-refractivity contribution in [2.75, 3.05) is 37.6 Å². The van der Waals surface area contributed by atoms with Crippen molar-refractivity contribution < 1.29 is 0 Å². The lowest BCUT2D eigenvalue weighted by Gasteiger charge is -2.37. The number of pyridine rings is 1. The molecule has 166 valence electrons. The van der Waals surface area contributed by atoms with Crippen LogP contribution in [0.5, 0.6) is 0 Å². The number of piperazine rings is 1. The van der Waals surface area contributed by atoms with Gasteiger partial charge in [0, 0.05) is 32.7 Å². The summed E-state index contributed by atoms with van der Waals surface area (Å²) in [4.78, 5) is 9.85. The standard InChI is InChI=1S/C28H29N5/c1-3-23-21(2)24(20-29)27-30-25-13-7-8-14-26(25)33(27)28(23)32-18-16-31(17-19-32)15-9-12-22-10-5-4-6-11-22/h4-14H,3,15-19H2,1-2H3. The molecular weight excluding hydrogens is 406 g/mol. The van der Waals surface area contributed by atoms with Gasteiger partial charge in [0.15, 0.2) is 5.65 Å². The molecule has 0 spiro atoms. The predicted octanol–water partition coefficient (Wildman–Crippen LogP) is 5.07. The third kappa shape index (κ3) is 3.88. The smallest absolute Gasteiger partial charge is 0.157 e. The van der Waals surface area contributed by atoms with Gasteiger partial charge in [0.2, 0.25) is 0 Å². The maximum Gasteiger partial charge on any atom is 0.157 e. The highest BCUT2D eigenvalue weighted by Crippen LogP contribution is 2.34. The first kappa shape index (κ1) is 21.2. The van der Waals surface area contributed by atoms with Gasteiger partial charge in [0.25, 0.3) is 0 Å². The average Bonchev–Trinajstić information content (AvgIpc) is 3.23. The lowest BCUT2D eigenvalue weighted by molar-refractivity contribution is 0.283. The van der Waals surface area contributed by atoms with Crippen LogP contribution in [0.2, 0.25) is 0 Å². The number of benzene rings is 2. The molecular formula is C28H29N5. The zero-order valence-electron chi connectivity index (χ0n) is 19.3. The van der Waals surface area contributed by atoms with Gasteiger partial charge in [0.05, 0.1) is 16.6 Å². The maximum absolute atomic E-state index is 9.93. The van der Waals surface area contributed by atoms with Crippen LogP contribution in [-0.2, 0) is 6.42 Å². The third-order valence-corrected chi connectivity index (χ3v) is 6.70. The highest BCUT2D eigenvalue weighted by atomic mass is 15.3. The lowest BCUT2D eigenvalue weighted by Crippen LogP contribution is -2.47. The summed E-state index contributed by atoms with van der Waals surface area (Å²) in [6.45, 7) is 9.15. The molecule has 0 amide bonds. The van der Waals surface area contributed by atoms with Gasteiger partial charge in [-0.15, -0.1) is 0 Å². The Morgan fingerprint density at radius 1 is 1.00 bits per heavy atom. The summed E-state index contributed by atoms with van der Waals surface area (Å²) in [7, 11) is 0. The maximum atomic E-state index is 9.93. The minimum absolute atomic E-state index is 0.691. The Kier molecular flexibility index (Phi) is 5.85. The van der Waals surface area contributed by atoms with Crippen LogP contribution in [0, 0.1) is 18.3 Å². The number of nitriles is 1. The number of nitrogens with zero attached hydrogens (tertiary/aromatic N) is 5. The molecule has 0 N–H and O–H groups in total. The highest BCUT2D eigenvalue weighted by Gasteiger charge is 2.25. The van der Waals surface area contributed by atoms with E-state index in [1.165, 1.54) is 16.9 Å². The van der Waals surface area contributed by atoms with Crippen molar-refractivity contribution in [3.8, 4) is 6.07 Å². The Morgan fingerprint density at radius 2 is 1.73 bits per heavy atom. The minimum atomic E-state index is 0.691. The van der Waals surface area contributed by atoms with Crippen molar-refractivity contribution in [1.82, 2.24) is 14.3 Å². The quantitative estimate of drug-likeness (QED) is 0.439. The monoisotopic (exact) mass is 435 g/mol. The number of fused-ring (bicyclic) bond motifs is 3. The number of imidazole rings is 1. The van der Waals surface area contributed by atoms with E-state index in [1.54, 1.807) is 0 Å². The molecule has 1 saturated heterocycles. The number of para-hydroxylation sites is 2. The van der Waals surface area contributed by atoms with E-state index < -0.39 is 0 Å². The molecule has 3 heterocycles. The molecule has 0 aliphatic carbocycles. The van der Waals surface area contributed by atoms with E-state index >= 15 is 0 Å². The number of anilines is 1. The van der Waals surface area contributed by atoms with Crippen molar-refractivity contribution >= 4 is 28.6 Å². The van der Waals surface area contributed by atoms with Crippen molar-refractivity contribution in [1.29, 1.82) is 5.26 Å². The molecule has 5 heteroatoms. The number of rotatable bonds is 5. The predicted molar refractivity (Wildman–Crippen MR) is 136 cm³/mol. The summed E-state index contributed by atoms with van der Waals surface area (Å²) in [5.41, 5.74) is 7.03. The van der Waals surface area contributed by atoms with E-state index in [9.17, 15) is 5.26 Å². The van der Waals surface area contributed by atoms with Crippen LogP contribution in [0.25, 0.3) is 22.8 Å². The van der Waals surface area contributed by atoms with Gasteiger partial charge in [-0.1, -0.05) is 61.5 Å². The van der Waals surface area contributed by atoms with Crippen molar-refractivity contribution in [2.24, 2.45) is 0 Å². The minimum Gasteiger partial charge on any atom is -0.355 e. The van der Waals surface area contributed by atoms with Crippen molar-refractivity contribution in [3.05, 3.63) is 82.9 Å². The Bertz CT molecular complexity index is 1350. The SMILES string of the molecule is CCc1c(C)c(C#N)c2nc3ccccc3n2c1N1CCN(CC=Cc2ccccc2)CC1. The van der Waals surface area contributed by atoms with E-state index in [0.717, 1.165) is 61.4 Å². The third-order valence-electron chi connectivity index (χ3n) is 6.70. The van der Waals surface area contributed by atoms with Crippen molar-refractivity contribution in [2.45, 2.75) is 20.3 Å². The molecule has 1 aliphatic rings. The van der Waals surface area contributed by atoms with Crippen LogP contribution >= 0.6 is 0 Å². The van der Waals surface area contributed by atoms with Gasteiger partial charge >= 0.3 is 0 Å². The molecule has 0 atom stereocenters. The van der Waals surface area contributed by atoms with E-state index in [1.807, 2.05) is 18.2 Å². The molecule has 1 fully saturated rings. The first-order valence-electron chi connectivity index (χ1n) is 11.7. The molecule has 0 saturated carbocycles. The van der Waals surface area contributed by atoms with Gasteiger partial charge in [0.1, 0.15) is 11.9 Å². The lowest BCUT2D eigenvalue weighted by atomic mass is 10.0. The summed E-state index contributed by atoms with van der Waals surface area (Å²) in [6, 6.07) is 21.1. The Hall–Kier alpha value is -3.62. The van der Waals surface area contributed by atoms with Gasteiger partial charge < -0.3 is 4.90 Å². The second-order valence-electron chi connectivity index (χ2n) is 8.63. The first-order chi connectivity index (χ1) is 16.2. The fourth-order valence-electron chi connectivity index (χ4n) is 4.96. The van der Waals surface area contributed by atoms with Crippen LogP contribution in [0.4, 0.5) is 5.82 Å². The van der Waals surface area contributed by atoms with E-state index in [0.29, 0.717) is 5.56 Å². The van der Waals surface area contributed by atoms with Gasteiger partial charge in [-0.25, -0.2) is 4.98 Å². The molecule has 33 heavy (non-hydrogen) atoms. The summed E-state index contributed by atoms with van der Waals surface area (Å²) in [5, 5.41) is 9.93. The summed E-state index contributed by atoms with van der Waals surface area (Å²) in [6.07, 6.45) is 5.35. The zero-order valence-corrected chi connectivity index (χ0v) is 19.3. The zero-order chi connectivity index (χ0) is 22.8. The fourth-order valence-corrected chi connectivity index (χ4v) is 4.96. The molecule has 5 nitrogen and oxygen atoms in total. The van der Waals surface area contributed by atoms with Crippen molar-refractivity contribution in [3.63, 3.8) is 0 Å². The number of hydrogen-bond acceptors (Lipinski definition) is 4. The summed E-state index contributed by atoms with van der Waals surface area (Å²) in [5.74, 6) is 1.21. The Morgan fingerprint density at radius 3 is 2.45 bits per heavy atom. The van der Waals surface area contributed by atoms with Crippen LogP contribution in [0.1, 0.15) is 29.2 Å². The summed E-state index contributed by atoms with van der Waals surface area (Å²) >= 11 is 0. The largest absolute Gasteiger partial charge is 0.355 e. The number of hydrogen-bond donors (Lipinski definition) is 0. The van der Waals surface area contributed by atoms with Gasteiger partial charge in [-0.05, 0) is 42.2 Å². The Labute approximate surface area is 195 Å². The molecule has 2 aromatic heterocycles. The molecule has 0 bridgehead atoms. The average molecular weight is 436 g/mol. The molecule has 0 unspecified atom stereocenters. The van der Waals surface area contributed by atoms with Crippen LogP contribution in [0.3, 0.4) is 0 Å². The first-order valence-corrected chi connectivity index (χ1v) is 11.7. The molecule has 4 aromatic rings. The van der Waals surface area contributed by atoms with Gasteiger partial charge in [-0.2, -0.15) is 5.26 Å². The highest BCUT2D eigenvalue weighted by molar-refractivity contribution is 5.86. The molecule has 5 rings (SSSR count).